The molecular formula is C18H20N2O4S. The zero-order valence-corrected chi connectivity index (χ0v) is 14.7. The molecule has 1 atom stereocenters. The summed E-state index contributed by atoms with van der Waals surface area (Å²) >= 11 is 0. The summed E-state index contributed by atoms with van der Waals surface area (Å²) in [6.45, 7) is 2.07. The Bertz CT molecular complexity index is 895. The van der Waals surface area contributed by atoms with Gasteiger partial charge in [0.1, 0.15) is 12.6 Å². The van der Waals surface area contributed by atoms with Gasteiger partial charge >= 0.3 is 5.97 Å². The highest BCUT2D eigenvalue weighted by Gasteiger charge is 2.43. The number of carbonyl (C=O) groups is 1. The van der Waals surface area contributed by atoms with Crippen molar-refractivity contribution in [1.29, 1.82) is 0 Å². The molecule has 0 bridgehead atoms. The monoisotopic (exact) mass is 360 g/mol. The van der Waals surface area contributed by atoms with Gasteiger partial charge in [0.25, 0.3) is 10.0 Å². The summed E-state index contributed by atoms with van der Waals surface area (Å²) in [5, 5.41) is 0. The van der Waals surface area contributed by atoms with Crippen LogP contribution in [0.25, 0.3) is 0 Å². The molecule has 0 saturated heterocycles. The van der Waals surface area contributed by atoms with Crippen LogP contribution in [0.1, 0.15) is 11.1 Å². The zero-order valence-electron chi connectivity index (χ0n) is 13.9. The number of carbonyl (C=O) groups excluding carboxylic acids is 1. The van der Waals surface area contributed by atoms with E-state index in [0.717, 1.165) is 11.1 Å². The Morgan fingerprint density at radius 1 is 1.24 bits per heavy atom. The Hall–Kier alpha value is -2.38. The fraction of sp³-hybridized carbons (Fsp3) is 0.278. The number of rotatable bonds is 5. The Balaban J connectivity index is 2.06. The number of fused-ring (bicyclic) bond motifs is 1. The molecule has 2 aromatic carbocycles. The molecule has 0 spiro atoms. The molecule has 6 nitrogen and oxygen atoms in total. The van der Waals surface area contributed by atoms with Gasteiger partial charge in [-0.15, -0.1) is 0 Å². The lowest BCUT2D eigenvalue weighted by molar-refractivity contribution is -0.144. The number of esters is 1. The van der Waals surface area contributed by atoms with Crippen molar-refractivity contribution in [2.45, 2.75) is 24.3 Å². The number of nitrogens with zero attached hydrogens (tertiary/aromatic N) is 1. The molecule has 1 heterocycles. The quantitative estimate of drug-likeness (QED) is 0.819. The third-order valence-corrected chi connectivity index (χ3v) is 5.92. The highest BCUT2D eigenvalue weighted by molar-refractivity contribution is 7.93. The topological polar surface area (TPSA) is 89.7 Å². The maximum Gasteiger partial charge on any atom is 0.330 e. The molecule has 132 valence electrons. The van der Waals surface area contributed by atoms with Gasteiger partial charge < -0.3 is 10.5 Å². The number of aryl methyl sites for hydroxylation is 1. The van der Waals surface area contributed by atoms with Crippen molar-refractivity contribution in [3.05, 3.63) is 59.7 Å². The Morgan fingerprint density at radius 2 is 2.00 bits per heavy atom. The SMILES string of the molecule is Cc1cccc(S(=O)(=O)N2c3ccccc3CC2C(=O)OCCN)c1. The van der Waals surface area contributed by atoms with Gasteiger partial charge in [-0.1, -0.05) is 30.3 Å². The minimum absolute atomic E-state index is 0.0595. The van der Waals surface area contributed by atoms with Crippen molar-refractivity contribution in [2.24, 2.45) is 5.73 Å². The van der Waals surface area contributed by atoms with Crippen molar-refractivity contribution in [3.63, 3.8) is 0 Å². The number of para-hydroxylation sites is 1. The van der Waals surface area contributed by atoms with Gasteiger partial charge in [-0.2, -0.15) is 0 Å². The molecule has 2 aromatic rings. The standard InChI is InChI=1S/C18H20N2O4S/c1-13-5-4-7-15(11-13)25(22,23)20-16-8-3-2-6-14(16)12-17(20)18(21)24-10-9-19/h2-8,11,17H,9-10,12,19H2,1H3. The van der Waals surface area contributed by atoms with E-state index >= 15 is 0 Å². The molecule has 0 fully saturated rings. The summed E-state index contributed by atoms with van der Waals surface area (Å²) in [6.07, 6.45) is 0.282. The van der Waals surface area contributed by atoms with Gasteiger partial charge in [-0.3, -0.25) is 4.31 Å². The minimum atomic E-state index is -3.89. The van der Waals surface area contributed by atoms with Gasteiger partial charge in [0.2, 0.25) is 0 Å². The van der Waals surface area contributed by atoms with Crippen LogP contribution < -0.4 is 10.0 Å². The van der Waals surface area contributed by atoms with Crippen LogP contribution >= 0.6 is 0 Å². The molecule has 1 aliphatic heterocycles. The van der Waals surface area contributed by atoms with Gasteiger partial charge in [-0.25, -0.2) is 13.2 Å². The molecule has 1 unspecified atom stereocenters. The van der Waals surface area contributed by atoms with E-state index < -0.39 is 22.0 Å². The predicted molar refractivity (Wildman–Crippen MR) is 94.8 cm³/mol. The summed E-state index contributed by atoms with van der Waals surface area (Å²) < 4.78 is 32.8. The van der Waals surface area contributed by atoms with Crippen LogP contribution in [0.5, 0.6) is 0 Å². The lowest BCUT2D eigenvalue weighted by Crippen LogP contribution is -2.44. The van der Waals surface area contributed by atoms with Crippen LogP contribution in [0, 0.1) is 6.92 Å². The van der Waals surface area contributed by atoms with E-state index in [1.807, 2.05) is 25.1 Å². The van der Waals surface area contributed by atoms with Crippen LogP contribution in [0.4, 0.5) is 5.69 Å². The molecule has 25 heavy (non-hydrogen) atoms. The molecule has 0 amide bonds. The number of benzene rings is 2. The number of hydrogen-bond acceptors (Lipinski definition) is 5. The molecule has 3 rings (SSSR count). The first-order chi connectivity index (χ1) is 11.9. The third-order valence-electron chi connectivity index (χ3n) is 4.11. The van der Waals surface area contributed by atoms with E-state index in [4.69, 9.17) is 10.5 Å². The average Bonchev–Trinajstić information content (AvgIpc) is 3.00. The smallest absolute Gasteiger partial charge is 0.330 e. The fourth-order valence-electron chi connectivity index (χ4n) is 2.98. The van der Waals surface area contributed by atoms with Crippen LogP contribution in [0.3, 0.4) is 0 Å². The summed E-state index contributed by atoms with van der Waals surface area (Å²) in [5.41, 5.74) is 7.52. The van der Waals surface area contributed by atoms with Crippen LogP contribution in [0.2, 0.25) is 0 Å². The van der Waals surface area contributed by atoms with E-state index in [1.165, 1.54) is 10.4 Å². The predicted octanol–water partition coefficient (Wildman–Crippen LogP) is 1.62. The van der Waals surface area contributed by atoms with E-state index in [9.17, 15) is 13.2 Å². The highest BCUT2D eigenvalue weighted by atomic mass is 32.2. The van der Waals surface area contributed by atoms with Crippen molar-refractivity contribution >= 4 is 21.7 Å². The fourth-order valence-corrected chi connectivity index (χ4v) is 4.72. The molecule has 1 aliphatic rings. The molecule has 0 saturated carbocycles. The van der Waals surface area contributed by atoms with Crippen molar-refractivity contribution in [2.75, 3.05) is 17.5 Å². The van der Waals surface area contributed by atoms with Gasteiger partial charge in [0.05, 0.1) is 10.6 Å². The normalized spacial score (nSPS) is 16.6. The van der Waals surface area contributed by atoms with E-state index in [0.29, 0.717) is 5.69 Å². The zero-order chi connectivity index (χ0) is 18.0. The third kappa shape index (κ3) is 3.25. The van der Waals surface area contributed by atoms with E-state index in [-0.39, 0.29) is 24.5 Å². The first kappa shape index (κ1) is 17.4. The molecule has 0 aliphatic carbocycles. The van der Waals surface area contributed by atoms with Gasteiger partial charge in [0.15, 0.2) is 0 Å². The first-order valence-electron chi connectivity index (χ1n) is 8.01. The summed E-state index contributed by atoms with van der Waals surface area (Å²) in [4.78, 5) is 12.6. The summed E-state index contributed by atoms with van der Waals surface area (Å²) in [6, 6.07) is 12.8. The minimum Gasteiger partial charge on any atom is -0.463 e. The summed E-state index contributed by atoms with van der Waals surface area (Å²) in [5.74, 6) is -0.585. The Morgan fingerprint density at radius 3 is 2.72 bits per heavy atom. The Labute approximate surface area is 147 Å². The molecule has 0 aromatic heterocycles. The largest absolute Gasteiger partial charge is 0.463 e. The van der Waals surface area contributed by atoms with E-state index in [1.54, 1.807) is 24.3 Å². The van der Waals surface area contributed by atoms with Crippen LogP contribution in [-0.2, 0) is 26.0 Å². The molecule has 0 radical (unpaired) electrons. The second-order valence-corrected chi connectivity index (χ2v) is 7.74. The Kier molecular flexibility index (Phi) is 4.78. The highest BCUT2D eigenvalue weighted by Crippen LogP contribution is 2.37. The van der Waals surface area contributed by atoms with Crippen molar-refractivity contribution < 1.29 is 17.9 Å². The van der Waals surface area contributed by atoms with Crippen LogP contribution in [-0.4, -0.2) is 33.6 Å². The molecule has 2 N–H and O–H groups in total. The maximum absolute atomic E-state index is 13.2. The number of ether oxygens (including phenoxy) is 1. The number of sulfonamides is 1. The lowest BCUT2D eigenvalue weighted by Gasteiger charge is -2.25. The first-order valence-corrected chi connectivity index (χ1v) is 9.45. The summed E-state index contributed by atoms with van der Waals surface area (Å²) in [7, 11) is -3.89. The van der Waals surface area contributed by atoms with E-state index in [2.05, 4.69) is 0 Å². The number of anilines is 1. The van der Waals surface area contributed by atoms with Gasteiger partial charge in [-0.05, 0) is 36.2 Å². The average molecular weight is 360 g/mol. The van der Waals surface area contributed by atoms with Crippen LogP contribution in [0.15, 0.2) is 53.4 Å². The van der Waals surface area contributed by atoms with Crippen molar-refractivity contribution in [3.8, 4) is 0 Å². The lowest BCUT2D eigenvalue weighted by atomic mass is 10.1. The number of hydrogen-bond donors (Lipinski definition) is 1. The second kappa shape index (κ2) is 6.85. The molecule has 7 heteroatoms. The molecular weight excluding hydrogens is 340 g/mol. The second-order valence-electron chi connectivity index (χ2n) is 5.92. The maximum atomic E-state index is 13.2. The number of nitrogens with two attached hydrogens (primary N) is 1. The van der Waals surface area contributed by atoms with Gasteiger partial charge in [0, 0.05) is 13.0 Å². The van der Waals surface area contributed by atoms with Crippen molar-refractivity contribution in [1.82, 2.24) is 0 Å².